The molecule has 2 fully saturated rings. The van der Waals surface area contributed by atoms with Crippen LogP contribution in [0.3, 0.4) is 0 Å². The molecule has 7 nitrogen and oxygen atoms in total. The Bertz CT molecular complexity index is 1240. The number of benzene rings is 1. The normalized spacial score (nSPS) is 23.3. The van der Waals surface area contributed by atoms with Crippen molar-refractivity contribution in [3.63, 3.8) is 0 Å². The van der Waals surface area contributed by atoms with E-state index in [0.29, 0.717) is 27.9 Å². The first-order valence-electron chi connectivity index (χ1n) is 11.5. The Labute approximate surface area is 201 Å². The maximum Gasteiger partial charge on any atom is 0.348 e. The summed E-state index contributed by atoms with van der Waals surface area (Å²) in [6, 6.07) is 4.74. The van der Waals surface area contributed by atoms with Crippen molar-refractivity contribution in [2.75, 3.05) is 12.4 Å². The number of anilines is 2. The quantitative estimate of drug-likeness (QED) is 0.460. The number of methoxy groups -OCH3 is 1. The van der Waals surface area contributed by atoms with Gasteiger partial charge in [-0.3, -0.25) is 0 Å². The number of ether oxygens (including phenoxy) is 3. The van der Waals surface area contributed by atoms with E-state index >= 15 is 0 Å². The highest BCUT2D eigenvalue weighted by atomic mass is 32.1. The highest BCUT2D eigenvalue weighted by Gasteiger charge is 2.48. The van der Waals surface area contributed by atoms with Crippen LogP contribution in [0.5, 0.6) is 0 Å². The van der Waals surface area contributed by atoms with Gasteiger partial charge in [0.25, 0.3) is 0 Å². The van der Waals surface area contributed by atoms with Crippen LogP contribution in [0, 0.1) is 18.7 Å². The lowest BCUT2D eigenvalue weighted by Crippen LogP contribution is -2.25. The van der Waals surface area contributed by atoms with E-state index in [1.165, 1.54) is 30.8 Å². The van der Waals surface area contributed by atoms with Crippen LogP contribution in [0.15, 0.2) is 24.5 Å². The fraction of sp³-hybridized carbons (Fsp3) is 0.480. The van der Waals surface area contributed by atoms with E-state index in [9.17, 15) is 9.18 Å². The number of thiophene rings is 1. The third kappa shape index (κ3) is 4.28. The lowest BCUT2D eigenvalue weighted by molar-refractivity contribution is -0.156. The number of rotatable bonds is 6. The number of nitrogens with one attached hydrogen (secondary N) is 1. The van der Waals surface area contributed by atoms with Crippen LogP contribution in [0.2, 0.25) is 0 Å². The first-order chi connectivity index (χ1) is 16.3. The first-order valence-corrected chi connectivity index (χ1v) is 12.3. The number of fused-ring (bicyclic) bond motifs is 2. The van der Waals surface area contributed by atoms with Crippen molar-refractivity contribution < 1.29 is 23.4 Å². The zero-order chi connectivity index (χ0) is 24.0. The van der Waals surface area contributed by atoms with E-state index < -0.39 is 11.8 Å². The van der Waals surface area contributed by atoms with Crippen LogP contribution in [-0.2, 0) is 20.6 Å². The molecule has 2 aromatic heterocycles. The summed E-state index contributed by atoms with van der Waals surface area (Å²) >= 11 is 1.27. The van der Waals surface area contributed by atoms with Crippen molar-refractivity contribution >= 4 is 39.0 Å². The predicted octanol–water partition coefficient (Wildman–Crippen LogP) is 5.53. The van der Waals surface area contributed by atoms with Gasteiger partial charge in [0.2, 0.25) is 0 Å². The molecule has 3 heterocycles. The fourth-order valence-electron chi connectivity index (χ4n) is 5.15. The Balaban J connectivity index is 1.39. The second kappa shape index (κ2) is 8.87. The molecule has 0 unspecified atom stereocenters. The Morgan fingerprint density at radius 2 is 2.12 bits per heavy atom. The highest BCUT2D eigenvalue weighted by molar-refractivity contribution is 7.20. The lowest BCUT2D eigenvalue weighted by atomic mass is 9.95. The molecule has 1 saturated carbocycles. The molecular weight excluding hydrogens is 457 g/mol. The van der Waals surface area contributed by atoms with Crippen LogP contribution in [-0.4, -0.2) is 41.0 Å². The van der Waals surface area contributed by atoms with Gasteiger partial charge in [0.15, 0.2) is 5.79 Å². The average molecular weight is 486 g/mol. The molecule has 34 heavy (non-hydrogen) atoms. The third-order valence-electron chi connectivity index (χ3n) is 6.71. The van der Waals surface area contributed by atoms with Crippen molar-refractivity contribution in [1.82, 2.24) is 9.97 Å². The second-order valence-corrected chi connectivity index (χ2v) is 10.4. The fourth-order valence-corrected chi connectivity index (χ4v) is 6.22. The zero-order valence-electron chi connectivity index (χ0n) is 19.7. The Kier molecular flexibility index (Phi) is 6.03. The average Bonchev–Trinajstić information content (AvgIpc) is 3.43. The molecule has 0 radical (unpaired) electrons. The SMILES string of the molecule is COC(=O)c1sc2ncnc(Nc3ccc(F)cc3CC[C@@H]3CC[C@H]4OC(C)(C)O[C@@H]34)c2c1C. The van der Waals surface area contributed by atoms with E-state index in [1.807, 2.05) is 20.8 Å². The van der Waals surface area contributed by atoms with Gasteiger partial charge in [0.05, 0.1) is 24.7 Å². The van der Waals surface area contributed by atoms with Gasteiger partial charge < -0.3 is 19.5 Å². The maximum absolute atomic E-state index is 14.2. The molecule has 1 N–H and O–H groups in total. The Morgan fingerprint density at radius 3 is 2.91 bits per heavy atom. The van der Waals surface area contributed by atoms with Crippen LogP contribution in [0.25, 0.3) is 10.2 Å². The van der Waals surface area contributed by atoms with Crippen molar-refractivity contribution in [3.05, 3.63) is 46.3 Å². The minimum atomic E-state index is -0.542. The maximum atomic E-state index is 14.2. The molecule has 9 heteroatoms. The van der Waals surface area contributed by atoms with Crippen molar-refractivity contribution in [1.29, 1.82) is 0 Å². The summed E-state index contributed by atoms with van der Waals surface area (Å²) in [7, 11) is 1.36. The molecule has 3 atom stereocenters. The molecule has 3 aromatic rings. The summed E-state index contributed by atoms with van der Waals surface area (Å²) in [5.41, 5.74) is 2.41. The monoisotopic (exact) mass is 485 g/mol. The third-order valence-corrected chi connectivity index (χ3v) is 7.89. The molecule has 2 aliphatic rings. The number of nitrogens with zero attached hydrogens (tertiary/aromatic N) is 2. The number of aryl methyl sites for hydroxylation is 2. The molecule has 0 amide bonds. The summed E-state index contributed by atoms with van der Waals surface area (Å²) in [6.07, 6.45) is 5.30. The first kappa shape index (κ1) is 23.1. The van der Waals surface area contributed by atoms with Gasteiger partial charge in [-0.2, -0.15) is 0 Å². The Hall–Kier alpha value is -2.62. The number of esters is 1. The predicted molar refractivity (Wildman–Crippen MR) is 128 cm³/mol. The molecule has 1 aliphatic heterocycles. The van der Waals surface area contributed by atoms with E-state index in [2.05, 4.69) is 15.3 Å². The van der Waals surface area contributed by atoms with E-state index in [4.69, 9.17) is 14.2 Å². The summed E-state index contributed by atoms with van der Waals surface area (Å²) in [4.78, 5) is 22.1. The van der Waals surface area contributed by atoms with Gasteiger partial charge in [-0.25, -0.2) is 19.2 Å². The minimum Gasteiger partial charge on any atom is -0.465 e. The van der Waals surface area contributed by atoms with Gasteiger partial charge in [-0.05, 0) is 81.7 Å². The van der Waals surface area contributed by atoms with Crippen molar-refractivity contribution in [2.24, 2.45) is 5.92 Å². The number of aromatic nitrogens is 2. The Morgan fingerprint density at radius 1 is 1.29 bits per heavy atom. The number of hydrogen-bond acceptors (Lipinski definition) is 8. The minimum absolute atomic E-state index is 0.0895. The highest BCUT2D eigenvalue weighted by Crippen LogP contribution is 2.43. The summed E-state index contributed by atoms with van der Waals surface area (Å²) < 4.78 is 31.3. The summed E-state index contributed by atoms with van der Waals surface area (Å²) in [6.45, 7) is 5.77. The molecular formula is C25H28FN3O4S. The molecule has 1 saturated heterocycles. The van der Waals surface area contributed by atoms with E-state index in [-0.39, 0.29) is 18.0 Å². The standard InChI is InChI=1S/C25H28FN3O4S/c1-13-19-22(27-12-28-23(19)34-21(13)24(30)31-4)29-17-9-8-16(26)11-15(17)6-5-14-7-10-18-20(14)33-25(2,3)32-18/h8-9,11-12,14,18,20H,5-7,10H2,1-4H3,(H,27,28,29)/t14-,18-,20+/m1/s1. The van der Waals surface area contributed by atoms with Crippen molar-refractivity contribution in [3.8, 4) is 0 Å². The molecule has 0 spiro atoms. The van der Waals surface area contributed by atoms with Crippen molar-refractivity contribution in [2.45, 2.75) is 64.4 Å². The van der Waals surface area contributed by atoms with Gasteiger partial charge in [0, 0.05) is 5.69 Å². The van der Waals surface area contributed by atoms with Crippen LogP contribution >= 0.6 is 11.3 Å². The zero-order valence-corrected chi connectivity index (χ0v) is 20.5. The van der Waals surface area contributed by atoms with Crippen LogP contribution < -0.4 is 5.32 Å². The number of carbonyl (C=O) groups is 1. The number of halogens is 1. The largest absolute Gasteiger partial charge is 0.465 e. The van der Waals surface area contributed by atoms with E-state index in [0.717, 1.165) is 41.5 Å². The van der Waals surface area contributed by atoms with Crippen LogP contribution in [0.1, 0.15) is 53.9 Å². The van der Waals surface area contributed by atoms with Gasteiger partial charge >= 0.3 is 5.97 Å². The van der Waals surface area contributed by atoms with Crippen LogP contribution in [0.4, 0.5) is 15.9 Å². The number of carbonyl (C=O) groups excluding carboxylic acids is 1. The van der Waals surface area contributed by atoms with Gasteiger partial charge in [-0.1, -0.05) is 0 Å². The molecule has 1 aromatic carbocycles. The number of hydrogen-bond donors (Lipinski definition) is 1. The summed E-state index contributed by atoms with van der Waals surface area (Å²) in [5.74, 6) is -0.268. The van der Waals surface area contributed by atoms with Gasteiger partial charge in [0.1, 0.15) is 27.7 Å². The van der Waals surface area contributed by atoms with Gasteiger partial charge in [-0.15, -0.1) is 11.3 Å². The molecule has 5 rings (SSSR count). The second-order valence-electron chi connectivity index (χ2n) is 9.39. The summed E-state index contributed by atoms with van der Waals surface area (Å²) in [5, 5.41) is 4.13. The molecule has 0 bridgehead atoms. The topological polar surface area (TPSA) is 82.6 Å². The van der Waals surface area contributed by atoms with E-state index in [1.54, 1.807) is 12.1 Å². The lowest BCUT2D eigenvalue weighted by Gasteiger charge is -2.22. The molecule has 1 aliphatic carbocycles. The molecule has 180 valence electrons. The smallest absolute Gasteiger partial charge is 0.348 e.